The fraction of sp³-hybridized carbons (Fsp3) is 0.394. The molecule has 2 heterocycles. The van der Waals surface area contributed by atoms with Crippen LogP contribution < -0.4 is 4.74 Å². The van der Waals surface area contributed by atoms with Crippen LogP contribution in [0.5, 0.6) is 17.2 Å². The van der Waals surface area contributed by atoms with Gasteiger partial charge in [0.15, 0.2) is 6.29 Å². The van der Waals surface area contributed by atoms with Crippen LogP contribution in [0.4, 0.5) is 0 Å². The number of aromatic hydroxyl groups is 2. The van der Waals surface area contributed by atoms with Gasteiger partial charge in [-0.05, 0) is 36.8 Å². The van der Waals surface area contributed by atoms with Crippen molar-refractivity contribution in [3.63, 3.8) is 0 Å². The first-order valence-corrected chi connectivity index (χ1v) is 15.0. The number of aliphatic hydroxyl groups excluding tert-OH is 6. The molecule has 0 spiro atoms. The van der Waals surface area contributed by atoms with E-state index in [0.717, 1.165) is 19.2 Å². The summed E-state index contributed by atoms with van der Waals surface area (Å²) >= 11 is 0. The molecule has 11 unspecified atom stereocenters. The molecule has 3 aliphatic rings. The molecule has 9 N–H and O–H groups in total. The molecule has 16 heteroatoms. The predicted octanol–water partition coefficient (Wildman–Crippen LogP) is -1.36. The van der Waals surface area contributed by atoms with Gasteiger partial charge in [-0.2, -0.15) is 0 Å². The Kier molecular flexibility index (Phi) is 9.14. The molecule has 2 saturated heterocycles. The lowest BCUT2D eigenvalue weighted by molar-refractivity contribution is -0.327. The lowest BCUT2D eigenvalue weighted by Gasteiger charge is -2.49. The van der Waals surface area contributed by atoms with Crippen molar-refractivity contribution in [1.29, 1.82) is 0 Å². The first-order valence-electron chi connectivity index (χ1n) is 15.0. The third kappa shape index (κ3) is 5.71. The number of benzene rings is 3. The van der Waals surface area contributed by atoms with Gasteiger partial charge in [0, 0.05) is 24.3 Å². The monoisotopic (exact) mass is 686 g/mol. The lowest BCUT2D eigenvalue weighted by Crippen LogP contribution is -2.65. The minimum absolute atomic E-state index is 0.0425. The van der Waals surface area contributed by atoms with Crippen molar-refractivity contribution < 1.29 is 79.2 Å². The number of ketones is 1. The summed E-state index contributed by atoms with van der Waals surface area (Å²) in [6.45, 7) is 1.52. The van der Waals surface area contributed by atoms with Gasteiger partial charge in [-0.25, -0.2) is 4.79 Å². The van der Waals surface area contributed by atoms with Crippen LogP contribution in [-0.4, -0.2) is 126 Å². The summed E-state index contributed by atoms with van der Waals surface area (Å²) in [4.78, 5) is 27.1. The molecule has 2 fully saturated rings. The maximum Gasteiger partial charge on any atom is 0.340 e. The minimum Gasteiger partial charge on any atom is -0.508 e. The number of hydrogen-bond donors (Lipinski definition) is 9. The first-order chi connectivity index (χ1) is 23.2. The van der Waals surface area contributed by atoms with Gasteiger partial charge in [-0.1, -0.05) is 24.3 Å². The highest BCUT2D eigenvalue weighted by molar-refractivity contribution is 6.16. The van der Waals surface area contributed by atoms with Gasteiger partial charge in [0.2, 0.25) is 18.4 Å². The molecule has 0 bridgehead atoms. The fourth-order valence-electron chi connectivity index (χ4n) is 6.39. The molecule has 0 aromatic heterocycles. The van der Waals surface area contributed by atoms with E-state index < -0.39 is 113 Å². The topological polar surface area (TPSA) is 262 Å². The van der Waals surface area contributed by atoms with Crippen LogP contribution in [0.2, 0.25) is 0 Å². The Balaban J connectivity index is 1.49. The van der Waals surface area contributed by atoms with Gasteiger partial charge < -0.3 is 69.6 Å². The largest absolute Gasteiger partial charge is 0.508 e. The quantitative estimate of drug-likeness (QED) is 0.136. The lowest BCUT2D eigenvalue weighted by atomic mass is 9.68. The van der Waals surface area contributed by atoms with Crippen LogP contribution in [-0.2, 0) is 24.5 Å². The summed E-state index contributed by atoms with van der Waals surface area (Å²) in [6, 6.07) is 11.9. The molecule has 3 aromatic carbocycles. The zero-order valence-corrected chi connectivity index (χ0v) is 25.9. The molecule has 0 saturated carbocycles. The highest BCUT2D eigenvalue weighted by Gasteiger charge is 2.59. The van der Waals surface area contributed by atoms with E-state index in [2.05, 4.69) is 0 Å². The number of carbonyl (C=O) groups excluding carboxylic acids is 2. The molecular formula is C33H34O16. The minimum atomic E-state index is -2.78. The number of fused-ring (bicyclic) bond motifs is 2. The standard InChI is InChI=1S/C33H34O16/c1-12-8-15-19(17(35)9-12)21(36)20-16(10-14(34)11-18(20)46-31-27(42)23(38)25(40)30(45-2)49-31)33(15,44)28-24(39)22(37)26(41)32(47-28)48-29(43)13-6-4-3-5-7-13/h3-11,22-28,30-32,34-35,37-42,44H,1-2H3. The van der Waals surface area contributed by atoms with Gasteiger partial charge in [-0.15, -0.1) is 0 Å². The number of rotatable bonds is 6. The molecule has 49 heavy (non-hydrogen) atoms. The maximum absolute atomic E-state index is 14.2. The van der Waals surface area contributed by atoms with Crippen LogP contribution in [0.15, 0.2) is 54.6 Å². The predicted molar refractivity (Wildman–Crippen MR) is 160 cm³/mol. The van der Waals surface area contributed by atoms with E-state index in [1.54, 1.807) is 18.2 Å². The summed E-state index contributed by atoms with van der Waals surface area (Å²) in [7, 11) is 1.14. The molecule has 2 aliphatic heterocycles. The summed E-state index contributed by atoms with van der Waals surface area (Å²) in [6.07, 6.45) is -19.2. The van der Waals surface area contributed by atoms with Crippen LogP contribution in [0, 0.1) is 6.92 Å². The molecule has 3 aromatic rings. The summed E-state index contributed by atoms with van der Waals surface area (Å²) in [5.41, 5.74) is -4.34. The molecule has 0 radical (unpaired) electrons. The fourth-order valence-corrected chi connectivity index (χ4v) is 6.39. The average Bonchev–Trinajstić information content (AvgIpc) is 3.07. The summed E-state index contributed by atoms with van der Waals surface area (Å²) in [5, 5.41) is 98.8. The van der Waals surface area contributed by atoms with E-state index in [1.165, 1.54) is 31.2 Å². The van der Waals surface area contributed by atoms with Crippen molar-refractivity contribution in [1.82, 2.24) is 0 Å². The molecule has 6 rings (SSSR count). The van der Waals surface area contributed by atoms with Crippen molar-refractivity contribution >= 4 is 11.8 Å². The zero-order chi connectivity index (χ0) is 35.5. The molecule has 0 amide bonds. The van der Waals surface area contributed by atoms with E-state index in [4.69, 9.17) is 23.7 Å². The van der Waals surface area contributed by atoms with Crippen LogP contribution in [0.1, 0.15) is 43.0 Å². The Bertz CT molecular complexity index is 1750. The van der Waals surface area contributed by atoms with Crippen LogP contribution >= 0.6 is 0 Å². The third-order valence-corrected chi connectivity index (χ3v) is 8.84. The normalized spacial score (nSPS) is 34.1. The number of aliphatic hydroxyl groups is 7. The van der Waals surface area contributed by atoms with Gasteiger partial charge in [-0.3, -0.25) is 4.79 Å². The Hall–Kier alpha value is -4.20. The Morgan fingerprint density at radius 3 is 2.04 bits per heavy atom. The smallest absolute Gasteiger partial charge is 0.340 e. The molecule has 262 valence electrons. The SMILES string of the molecule is COC1OC(Oc2cc(O)cc3c2C(=O)c2c(O)cc(C)cc2C3(O)C2OC(OC(=O)c3ccccc3)C(O)C(O)C2O)C(O)C(O)C1O. The number of phenols is 2. The molecular weight excluding hydrogens is 652 g/mol. The second kappa shape index (κ2) is 12.9. The van der Waals surface area contributed by atoms with Crippen molar-refractivity contribution in [3.8, 4) is 17.2 Å². The van der Waals surface area contributed by atoms with Crippen molar-refractivity contribution in [2.75, 3.05) is 7.11 Å². The van der Waals surface area contributed by atoms with Crippen molar-refractivity contribution in [3.05, 3.63) is 88.0 Å². The van der Waals surface area contributed by atoms with Gasteiger partial charge in [0.1, 0.15) is 65.6 Å². The number of esters is 1. The second-order valence-electron chi connectivity index (χ2n) is 12.0. The van der Waals surface area contributed by atoms with Gasteiger partial charge >= 0.3 is 5.97 Å². The number of phenolic OH excluding ortho intramolecular Hbond substituents is 2. The van der Waals surface area contributed by atoms with Crippen LogP contribution in [0.25, 0.3) is 0 Å². The van der Waals surface area contributed by atoms with E-state index in [-0.39, 0.29) is 11.1 Å². The van der Waals surface area contributed by atoms with Gasteiger partial charge in [0.05, 0.1) is 16.7 Å². The summed E-state index contributed by atoms with van der Waals surface area (Å²) < 4.78 is 27.3. The van der Waals surface area contributed by atoms with E-state index in [9.17, 15) is 55.5 Å². The molecule has 11 atom stereocenters. The van der Waals surface area contributed by atoms with E-state index in [1.807, 2.05) is 0 Å². The van der Waals surface area contributed by atoms with Crippen molar-refractivity contribution in [2.24, 2.45) is 0 Å². The highest BCUT2D eigenvalue weighted by Crippen LogP contribution is 2.52. The third-order valence-electron chi connectivity index (χ3n) is 8.84. The van der Waals surface area contributed by atoms with Crippen LogP contribution in [0.3, 0.4) is 0 Å². The zero-order valence-electron chi connectivity index (χ0n) is 25.9. The number of aryl methyl sites for hydroxylation is 1. The first kappa shape index (κ1) is 34.7. The number of carbonyl (C=O) groups is 2. The maximum atomic E-state index is 14.2. The Labute approximate surface area is 277 Å². The Morgan fingerprint density at radius 1 is 0.755 bits per heavy atom. The Morgan fingerprint density at radius 2 is 1.37 bits per heavy atom. The number of ether oxygens (including phenoxy) is 5. The van der Waals surface area contributed by atoms with Crippen molar-refractivity contribution in [2.45, 2.75) is 74.1 Å². The number of methoxy groups -OCH3 is 1. The van der Waals surface area contributed by atoms with Gasteiger partial charge in [0.25, 0.3) is 0 Å². The second-order valence-corrected chi connectivity index (χ2v) is 12.0. The molecule has 1 aliphatic carbocycles. The molecule has 16 nitrogen and oxygen atoms in total. The number of hydrogen-bond acceptors (Lipinski definition) is 16. The van der Waals surface area contributed by atoms with E-state index in [0.29, 0.717) is 5.56 Å². The highest BCUT2D eigenvalue weighted by atomic mass is 16.8. The summed E-state index contributed by atoms with van der Waals surface area (Å²) in [5.74, 6) is -3.81. The average molecular weight is 687 g/mol. The van der Waals surface area contributed by atoms with E-state index >= 15 is 0 Å².